The molecule has 1 saturated heterocycles. The second kappa shape index (κ2) is 11.0. The Hall–Kier alpha value is -0.780. The van der Waals surface area contributed by atoms with Gasteiger partial charge < -0.3 is 16.2 Å². The number of carbonyl (C=O) groups is 1. The summed E-state index contributed by atoms with van der Waals surface area (Å²) in [5.41, 5.74) is 11.2. The highest BCUT2D eigenvalue weighted by Gasteiger charge is 2.19. The van der Waals surface area contributed by atoms with Crippen molar-refractivity contribution in [2.24, 2.45) is 11.5 Å². The van der Waals surface area contributed by atoms with E-state index in [0.29, 0.717) is 32.7 Å². The van der Waals surface area contributed by atoms with Gasteiger partial charge in [0, 0.05) is 39.3 Å². The number of hydrogen-bond donors (Lipinski definition) is 3. The molecule has 1 aliphatic rings. The lowest BCUT2D eigenvalue weighted by molar-refractivity contribution is -0.145. The van der Waals surface area contributed by atoms with Crippen LogP contribution in [0.3, 0.4) is 0 Å². The lowest BCUT2D eigenvalue weighted by Gasteiger charge is -2.34. The fraction of sp³-hybridized carbons (Fsp3) is 0.929. The van der Waals surface area contributed by atoms with Crippen molar-refractivity contribution >= 4 is 16.1 Å². The Bertz CT molecular complexity index is 466. The maximum Gasteiger partial charge on any atom is 0.322 e. The van der Waals surface area contributed by atoms with E-state index in [-0.39, 0.29) is 11.7 Å². The van der Waals surface area contributed by atoms with E-state index in [4.69, 9.17) is 20.8 Å². The van der Waals surface area contributed by atoms with E-state index in [1.807, 2.05) is 4.90 Å². The molecule has 24 heavy (non-hydrogen) atoms. The first kappa shape index (κ1) is 21.3. The highest BCUT2D eigenvalue weighted by atomic mass is 32.2. The predicted octanol–water partition coefficient (Wildman–Crippen LogP) is -1.51. The molecule has 0 aliphatic carbocycles. The fourth-order valence-corrected chi connectivity index (χ4v) is 2.98. The minimum atomic E-state index is -3.91. The van der Waals surface area contributed by atoms with Gasteiger partial charge in [-0.3, -0.25) is 19.1 Å². The zero-order valence-corrected chi connectivity index (χ0v) is 14.9. The van der Waals surface area contributed by atoms with Crippen molar-refractivity contribution in [3.8, 4) is 0 Å². The number of esters is 1. The Morgan fingerprint density at radius 2 is 1.71 bits per heavy atom. The second-order valence-electron chi connectivity index (χ2n) is 6.03. The number of hydrogen-bond acceptors (Lipinski definition) is 8. The van der Waals surface area contributed by atoms with Crippen molar-refractivity contribution in [3.05, 3.63) is 0 Å². The molecule has 0 aromatic rings. The lowest BCUT2D eigenvalue weighted by Crippen LogP contribution is -2.48. The fourth-order valence-electron chi connectivity index (χ4n) is 2.49. The van der Waals surface area contributed by atoms with Crippen LogP contribution in [-0.4, -0.2) is 93.0 Å². The number of carbonyl (C=O) groups excluding carboxylic acids is 1. The van der Waals surface area contributed by atoms with Crippen LogP contribution in [0.25, 0.3) is 0 Å². The van der Waals surface area contributed by atoms with Gasteiger partial charge in [0.25, 0.3) is 10.1 Å². The van der Waals surface area contributed by atoms with Gasteiger partial charge in [-0.1, -0.05) is 6.42 Å². The summed E-state index contributed by atoms with van der Waals surface area (Å²) in [4.78, 5) is 15.9. The van der Waals surface area contributed by atoms with Gasteiger partial charge in [0.1, 0.15) is 12.6 Å². The first-order valence-electron chi connectivity index (χ1n) is 8.34. The molecule has 0 spiro atoms. The molecule has 142 valence electrons. The zero-order valence-electron chi connectivity index (χ0n) is 14.1. The molecule has 1 aliphatic heterocycles. The summed E-state index contributed by atoms with van der Waals surface area (Å²) in [7, 11) is -3.91. The Labute approximate surface area is 144 Å². The van der Waals surface area contributed by atoms with Crippen LogP contribution >= 0.6 is 0 Å². The van der Waals surface area contributed by atoms with Crippen molar-refractivity contribution in [2.75, 3.05) is 58.2 Å². The van der Waals surface area contributed by atoms with Crippen molar-refractivity contribution in [1.82, 2.24) is 9.80 Å². The van der Waals surface area contributed by atoms with E-state index in [1.54, 1.807) is 0 Å². The number of piperazine rings is 1. The van der Waals surface area contributed by atoms with E-state index in [9.17, 15) is 13.2 Å². The van der Waals surface area contributed by atoms with Crippen molar-refractivity contribution in [2.45, 2.75) is 25.3 Å². The number of rotatable bonds is 11. The Kier molecular flexibility index (Phi) is 9.71. The lowest BCUT2D eigenvalue weighted by atomic mass is 10.1. The maximum atomic E-state index is 11.7. The summed E-state index contributed by atoms with van der Waals surface area (Å²) in [5, 5.41) is 0. The molecule has 10 heteroatoms. The van der Waals surface area contributed by atoms with Crippen LogP contribution < -0.4 is 11.5 Å². The summed E-state index contributed by atoms with van der Waals surface area (Å²) in [6, 6.07) is -0.589. The highest BCUT2D eigenvalue weighted by Crippen LogP contribution is 2.03. The molecule has 0 amide bonds. The molecule has 0 aromatic carbocycles. The molecule has 0 bridgehead atoms. The summed E-state index contributed by atoms with van der Waals surface area (Å²) in [6.07, 6.45) is 2.25. The average molecular weight is 366 g/mol. The second-order valence-corrected chi connectivity index (χ2v) is 7.60. The summed E-state index contributed by atoms with van der Waals surface area (Å²) in [5.74, 6) is -0.619. The Morgan fingerprint density at radius 1 is 1.12 bits per heavy atom. The quantitative estimate of drug-likeness (QED) is 0.226. The van der Waals surface area contributed by atoms with E-state index in [1.165, 1.54) is 0 Å². The first-order valence-corrected chi connectivity index (χ1v) is 9.95. The number of ether oxygens (including phenoxy) is 1. The SMILES string of the molecule is NCCCC[C@H](N)C(=O)OCCN1CCN(CCS(=O)(=O)O)CC1. The van der Waals surface area contributed by atoms with Gasteiger partial charge in [-0.2, -0.15) is 8.42 Å². The van der Waals surface area contributed by atoms with Crippen LogP contribution in [0.2, 0.25) is 0 Å². The topological polar surface area (TPSA) is 139 Å². The van der Waals surface area contributed by atoms with Crippen LogP contribution in [-0.2, 0) is 19.6 Å². The largest absolute Gasteiger partial charge is 0.463 e. The minimum Gasteiger partial charge on any atom is -0.463 e. The summed E-state index contributed by atoms with van der Waals surface area (Å²) < 4.78 is 35.4. The maximum absolute atomic E-state index is 11.7. The summed E-state index contributed by atoms with van der Waals surface area (Å²) in [6.45, 7) is 4.85. The van der Waals surface area contributed by atoms with Crippen LogP contribution in [0, 0.1) is 0 Å². The zero-order chi connectivity index (χ0) is 18.0. The van der Waals surface area contributed by atoms with E-state index in [2.05, 4.69) is 4.90 Å². The molecule has 0 radical (unpaired) electrons. The van der Waals surface area contributed by atoms with Crippen LogP contribution in [0.4, 0.5) is 0 Å². The predicted molar refractivity (Wildman–Crippen MR) is 91.1 cm³/mol. The third kappa shape index (κ3) is 9.50. The molecule has 1 fully saturated rings. The van der Waals surface area contributed by atoms with Gasteiger partial charge >= 0.3 is 5.97 Å². The normalized spacial score (nSPS) is 18.5. The van der Waals surface area contributed by atoms with Gasteiger partial charge in [0.2, 0.25) is 0 Å². The standard InChI is InChI=1S/C14H30N4O5S/c15-4-2-1-3-13(16)14(19)23-11-9-17-5-7-18(8-6-17)10-12-24(20,21)22/h13H,1-12,15-16H2,(H,20,21,22)/t13-/m0/s1. The van der Waals surface area contributed by atoms with Crippen molar-refractivity contribution < 1.29 is 22.5 Å². The molecule has 0 aromatic heterocycles. The Morgan fingerprint density at radius 3 is 2.25 bits per heavy atom. The van der Waals surface area contributed by atoms with Crippen LogP contribution in [0.5, 0.6) is 0 Å². The molecule has 1 rings (SSSR count). The van der Waals surface area contributed by atoms with Gasteiger partial charge in [0.15, 0.2) is 0 Å². The van der Waals surface area contributed by atoms with Gasteiger partial charge in [-0.25, -0.2) is 0 Å². The molecule has 1 atom stereocenters. The molecular formula is C14H30N4O5S. The molecule has 9 nitrogen and oxygen atoms in total. The van der Waals surface area contributed by atoms with Crippen LogP contribution in [0.15, 0.2) is 0 Å². The van der Waals surface area contributed by atoms with Gasteiger partial charge in [-0.05, 0) is 19.4 Å². The summed E-state index contributed by atoms with van der Waals surface area (Å²) >= 11 is 0. The van der Waals surface area contributed by atoms with E-state index in [0.717, 1.165) is 39.0 Å². The Balaban J connectivity index is 2.11. The van der Waals surface area contributed by atoms with Gasteiger partial charge in [0.05, 0.1) is 5.75 Å². The van der Waals surface area contributed by atoms with Crippen molar-refractivity contribution in [1.29, 1.82) is 0 Å². The monoisotopic (exact) mass is 366 g/mol. The molecule has 1 heterocycles. The average Bonchev–Trinajstić information content (AvgIpc) is 2.53. The van der Waals surface area contributed by atoms with Gasteiger partial charge in [-0.15, -0.1) is 0 Å². The van der Waals surface area contributed by atoms with Crippen molar-refractivity contribution in [3.63, 3.8) is 0 Å². The van der Waals surface area contributed by atoms with E-state index >= 15 is 0 Å². The number of unbranched alkanes of at least 4 members (excludes halogenated alkanes) is 1. The van der Waals surface area contributed by atoms with Crippen LogP contribution in [0.1, 0.15) is 19.3 Å². The molecule has 5 N–H and O–H groups in total. The number of nitrogens with two attached hydrogens (primary N) is 2. The molecular weight excluding hydrogens is 336 g/mol. The highest BCUT2D eigenvalue weighted by molar-refractivity contribution is 7.85. The third-order valence-corrected chi connectivity index (χ3v) is 4.75. The third-order valence-electron chi connectivity index (χ3n) is 4.05. The molecule has 0 saturated carbocycles. The number of nitrogens with zero attached hydrogens (tertiary/aromatic N) is 2. The first-order chi connectivity index (χ1) is 11.3. The minimum absolute atomic E-state index is 0.243. The smallest absolute Gasteiger partial charge is 0.322 e. The van der Waals surface area contributed by atoms with E-state index < -0.39 is 16.2 Å². The molecule has 0 unspecified atom stereocenters.